The lowest BCUT2D eigenvalue weighted by molar-refractivity contribution is -0.124. The fourth-order valence-corrected chi connectivity index (χ4v) is 18.2. The second-order valence-corrected chi connectivity index (χ2v) is 31.1. The Balaban J connectivity index is 1.18. The Bertz CT molecular complexity index is 3120. The molecule has 6 nitrogen and oxygen atoms in total. The lowest BCUT2D eigenvalue weighted by Gasteiger charge is -2.29. The molecule has 88 heavy (non-hydrogen) atoms. The summed E-state index contributed by atoms with van der Waals surface area (Å²) < 4.78 is 16.6. The number of carbonyl (C=O) groups excluding carboxylic acids is 2. The third-order valence-electron chi connectivity index (χ3n) is 18.9. The Morgan fingerprint density at radius 3 is 1.18 bits per heavy atom. The Morgan fingerprint density at radius 1 is 0.364 bits per heavy atom. The molecular weight excluding hydrogens is 1160 g/mol. The van der Waals surface area contributed by atoms with Gasteiger partial charge in [-0.15, -0.1) is 45.3 Å². The molecule has 0 spiro atoms. The van der Waals surface area contributed by atoms with E-state index in [0.29, 0.717) is 49.3 Å². The van der Waals surface area contributed by atoms with Crippen LogP contribution in [-0.4, -0.2) is 47.9 Å². The van der Waals surface area contributed by atoms with Crippen LogP contribution in [0.1, 0.15) is 292 Å². The number of amides is 2. The highest BCUT2D eigenvalue weighted by atomic mass is 32.1. The van der Waals surface area contributed by atoms with Crippen LogP contribution in [0.5, 0.6) is 11.5 Å². The average Bonchev–Trinajstić information content (AvgIpc) is 1.59. The fraction of sp³-hybridized carbons (Fsp3) is 0.641. The van der Waals surface area contributed by atoms with Gasteiger partial charge in [-0.05, 0) is 124 Å². The normalized spacial score (nSPS) is 14.4. The van der Waals surface area contributed by atoms with Crippen molar-refractivity contribution in [1.29, 1.82) is 0 Å². The fourth-order valence-electron chi connectivity index (χ4n) is 13.9. The molecule has 484 valence electrons. The molecule has 10 heteroatoms. The number of hydrogen-bond donors (Lipinski definition) is 0. The minimum absolute atomic E-state index is 0.0130. The number of nitrogens with zero attached hydrogens (tertiary/aromatic N) is 2. The predicted octanol–water partition coefficient (Wildman–Crippen LogP) is 25.6. The lowest BCUT2D eigenvalue weighted by Crippen LogP contribution is -2.34. The van der Waals surface area contributed by atoms with E-state index in [1.165, 1.54) is 213 Å². The van der Waals surface area contributed by atoms with Crippen LogP contribution in [0.3, 0.4) is 0 Å². The summed E-state index contributed by atoms with van der Waals surface area (Å²) in [6, 6.07) is 18.2. The molecule has 0 aliphatic carbocycles. The van der Waals surface area contributed by atoms with E-state index in [0.717, 1.165) is 102 Å². The first kappa shape index (κ1) is 69.9. The van der Waals surface area contributed by atoms with Crippen molar-refractivity contribution < 1.29 is 19.1 Å². The quantitative estimate of drug-likeness (QED) is 0.0357. The molecule has 2 amide bonds. The number of hydrogen-bond acceptors (Lipinski definition) is 8. The van der Waals surface area contributed by atoms with Crippen LogP contribution < -0.4 is 9.47 Å². The SMILES string of the molecule is CCCCCCCCCCCCOc1cc2cc(-c3ccc(C4=C5C(=O)N(CC(CCCC)CCCCCC)C(c6ccc(C)s6)=C5C(=O)N4CC(CCCC)CCCCCC)s3)sc2c2c(OCCCCCCCCCCCC)cc3cc(C)sc3c12. The largest absolute Gasteiger partial charge is 0.493 e. The van der Waals surface area contributed by atoms with Gasteiger partial charge in [0.1, 0.15) is 11.5 Å². The Labute approximate surface area is 549 Å². The van der Waals surface area contributed by atoms with E-state index in [9.17, 15) is 0 Å². The molecule has 2 aromatic carbocycles. The lowest BCUT2D eigenvalue weighted by atomic mass is 9.94. The number of ether oxygens (including phenoxy) is 2. The van der Waals surface area contributed by atoms with Crippen LogP contribution in [0.25, 0.3) is 52.1 Å². The topological polar surface area (TPSA) is 59.1 Å². The number of benzene rings is 2. The molecule has 0 N–H and O–H groups in total. The van der Waals surface area contributed by atoms with E-state index in [2.05, 4.69) is 114 Å². The van der Waals surface area contributed by atoms with Crippen molar-refractivity contribution in [2.75, 3.05) is 26.3 Å². The number of fused-ring (bicyclic) bond motifs is 6. The molecule has 0 radical (unpaired) electrons. The Hall–Kier alpha value is -3.96. The molecule has 0 saturated carbocycles. The Kier molecular flexibility index (Phi) is 29.8. The maximum Gasteiger partial charge on any atom is 0.261 e. The molecule has 0 fully saturated rings. The minimum atomic E-state index is 0.0130. The summed E-state index contributed by atoms with van der Waals surface area (Å²) in [4.78, 5) is 42.7. The maximum atomic E-state index is 15.8. The highest BCUT2D eigenvalue weighted by molar-refractivity contribution is 7.27. The van der Waals surface area contributed by atoms with E-state index in [4.69, 9.17) is 9.47 Å². The summed E-state index contributed by atoms with van der Waals surface area (Å²) in [6.45, 7) is 20.8. The van der Waals surface area contributed by atoms with Gasteiger partial charge in [-0.2, -0.15) is 0 Å². The molecule has 8 rings (SSSR count). The molecule has 6 aromatic rings. The van der Waals surface area contributed by atoms with Gasteiger partial charge in [-0.1, -0.05) is 234 Å². The molecule has 0 saturated heterocycles. The maximum absolute atomic E-state index is 15.8. The smallest absolute Gasteiger partial charge is 0.261 e. The number of unbranched alkanes of at least 4 members (excludes halogenated alkanes) is 26. The van der Waals surface area contributed by atoms with E-state index in [1.807, 2.05) is 22.7 Å². The minimum Gasteiger partial charge on any atom is -0.493 e. The zero-order valence-corrected chi connectivity index (χ0v) is 59.5. The Morgan fingerprint density at radius 2 is 0.739 bits per heavy atom. The first-order chi connectivity index (χ1) is 43.1. The van der Waals surface area contributed by atoms with Gasteiger partial charge in [0, 0.05) is 52.8 Å². The summed E-state index contributed by atoms with van der Waals surface area (Å²) >= 11 is 7.20. The van der Waals surface area contributed by atoms with Crippen molar-refractivity contribution in [3.63, 3.8) is 0 Å². The molecule has 2 aliphatic heterocycles. The first-order valence-corrected chi connectivity index (χ1v) is 39.4. The van der Waals surface area contributed by atoms with Gasteiger partial charge in [0.25, 0.3) is 11.8 Å². The molecule has 2 unspecified atom stereocenters. The van der Waals surface area contributed by atoms with Crippen molar-refractivity contribution in [1.82, 2.24) is 9.80 Å². The standard InChI is InChI=1S/C78H114N2O4S4/c1-9-15-21-25-27-29-31-33-35-39-49-83-63-52-61-51-58(8)86-75(61)69-64(84-50-40-36-34-32-30-28-26-22-16-10-2)53-62-54-68(88-76(62)70(63)69)65-47-48-67(87-65)74-72-71(77(81)80(74)56-60(42-20-14-6)44-38-24-18-12-4)73(66-46-45-57(7)85-66)79(78(72)82)55-59(41-19-13-5)43-37-23-17-11-3/h45-48,51-54,59-60H,9-44,49-50,55-56H2,1-8H3. The van der Waals surface area contributed by atoms with Gasteiger partial charge < -0.3 is 19.3 Å². The number of rotatable bonds is 47. The molecule has 4 aromatic heterocycles. The monoisotopic (exact) mass is 1270 g/mol. The van der Waals surface area contributed by atoms with E-state index in [1.54, 1.807) is 22.7 Å². The van der Waals surface area contributed by atoms with Crippen LogP contribution in [-0.2, 0) is 9.59 Å². The highest BCUT2D eigenvalue weighted by Gasteiger charge is 2.50. The van der Waals surface area contributed by atoms with Crippen molar-refractivity contribution >= 4 is 99.5 Å². The first-order valence-electron chi connectivity index (χ1n) is 36.1. The van der Waals surface area contributed by atoms with Gasteiger partial charge in [-0.25, -0.2) is 0 Å². The summed E-state index contributed by atoms with van der Waals surface area (Å²) in [5, 5.41) is 4.76. The van der Waals surface area contributed by atoms with Crippen LogP contribution >= 0.6 is 45.3 Å². The van der Waals surface area contributed by atoms with Gasteiger partial charge in [0.2, 0.25) is 0 Å². The van der Waals surface area contributed by atoms with Gasteiger partial charge in [-0.3, -0.25) is 9.59 Å². The highest BCUT2D eigenvalue weighted by Crippen LogP contribution is 2.53. The second-order valence-electron chi connectivity index (χ2n) is 26.4. The molecule has 0 bridgehead atoms. The average molecular weight is 1270 g/mol. The number of thiophene rings is 4. The third kappa shape index (κ3) is 19.1. The van der Waals surface area contributed by atoms with E-state index < -0.39 is 0 Å². The predicted molar refractivity (Wildman–Crippen MR) is 387 cm³/mol. The summed E-state index contributed by atoms with van der Waals surface area (Å²) in [7, 11) is 0. The van der Waals surface area contributed by atoms with Crippen LogP contribution in [0.15, 0.2) is 59.7 Å². The zero-order chi connectivity index (χ0) is 62.0. The van der Waals surface area contributed by atoms with Crippen molar-refractivity contribution in [3.05, 3.63) is 79.2 Å². The van der Waals surface area contributed by atoms with Crippen molar-refractivity contribution in [2.24, 2.45) is 11.8 Å². The summed E-state index contributed by atoms with van der Waals surface area (Å²) in [5.74, 6) is 2.68. The van der Waals surface area contributed by atoms with E-state index in [-0.39, 0.29) is 11.8 Å². The van der Waals surface area contributed by atoms with Crippen molar-refractivity contribution in [2.45, 2.75) is 287 Å². The molecular formula is C78H114N2O4S4. The van der Waals surface area contributed by atoms with Gasteiger partial charge >= 0.3 is 0 Å². The van der Waals surface area contributed by atoms with Crippen LogP contribution in [0.2, 0.25) is 0 Å². The second kappa shape index (κ2) is 37.5. The van der Waals surface area contributed by atoms with Crippen molar-refractivity contribution in [3.8, 4) is 21.3 Å². The summed E-state index contributed by atoms with van der Waals surface area (Å²) in [6.07, 6.45) is 44.5. The van der Waals surface area contributed by atoms with Crippen LogP contribution in [0, 0.1) is 25.7 Å². The van der Waals surface area contributed by atoms with Crippen LogP contribution in [0.4, 0.5) is 0 Å². The van der Waals surface area contributed by atoms with Gasteiger partial charge in [0.05, 0.1) is 45.5 Å². The molecule has 6 heterocycles. The third-order valence-corrected chi connectivity index (χ3v) is 23.5. The van der Waals surface area contributed by atoms with E-state index >= 15 is 9.59 Å². The van der Waals surface area contributed by atoms with Gasteiger partial charge in [0.15, 0.2) is 0 Å². The molecule has 2 aliphatic rings. The number of aryl methyl sites for hydroxylation is 2. The molecule has 2 atom stereocenters. The zero-order valence-electron chi connectivity index (χ0n) is 56.2. The number of carbonyl (C=O) groups is 2. The summed E-state index contributed by atoms with van der Waals surface area (Å²) in [5.41, 5.74) is 2.96.